The molecule has 0 fully saturated rings. The van der Waals surface area contributed by atoms with Crippen molar-refractivity contribution in [1.29, 1.82) is 0 Å². The molecule has 0 N–H and O–H groups in total. The maximum atomic E-state index is 5.32. The van der Waals surface area contributed by atoms with Crippen LogP contribution >= 0.6 is 11.3 Å². The highest BCUT2D eigenvalue weighted by Crippen LogP contribution is 2.44. The van der Waals surface area contributed by atoms with Crippen LogP contribution in [0.1, 0.15) is 0 Å². The summed E-state index contributed by atoms with van der Waals surface area (Å²) in [6.45, 7) is 0. The Morgan fingerprint density at radius 3 is 1.27 bits per heavy atom. The van der Waals surface area contributed by atoms with Crippen molar-refractivity contribution < 1.29 is 0 Å². The fourth-order valence-corrected chi connectivity index (χ4v) is 10.1. The fourth-order valence-electron chi connectivity index (χ4n) is 9.03. The molecular weight excluding hydrogens is 793 g/mol. The molecule has 0 radical (unpaired) electrons. The largest absolute Gasteiger partial charge is 0.278 e. The third-order valence-electron chi connectivity index (χ3n) is 11.9. The Morgan fingerprint density at radius 2 is 0.714 bits per heavy atom. The van der Waals surface area contributed by atoms with E-state index in [0.717, 1.165) is 65.9 Å². The van der Waals surface area contributed by atoms with Crippen molar-refractivity contribution in [3.05, 3.63) is 194 Å². The van der Waals surface area contributed by atoms with Gasteiger partial charge in [0, 0.05) is 64.0 Å². The molecule has 0 aliphatic heterocycles. The molecule has 0 unspecified atom stereocenters. The van der Waals surface area contributed by atoms with E-state index in [2.05, 4.69) is 112 Å². The number of para-hydroxylation sites is 2. The average molecular weight is 825 g/mol. The van der Waals surface area contributed by atoms with E-state index in [0.29, 0.717) is 35.2 Å². The lowest BCUT2D eigenvalue weighted by Crippen LogP contribution is -2.07. The molecule has 0 amide bonds. The highest BCUT2D eigenvalue weighted by molar-refractivity contribution is 7.26. The second-order valence-corrected chi connectivity index (χ2v) is 16.6. The monoisotopic (exact) mass is 824 g/mol. The average Bonchev–Trinajstić information content (AvgIpc) is 4.02. The van der Waals surface area contributed by atoms with Crippen LogP contribution in [0.5, 0.6) is 0 Å². The molecule has 0 aliphatic rings. The molecule has 0 spiro atoms. The smallest absolute Gasteiger partial charge is 0.238 e. The minimum absolute atomic E-state index is 0.537. The van der Waals surface area contributed by atoms with E-state index in [1.807, 2.05) is 91.0 Å². The van der Waals surface area contributed by atoms with Crippen molar-refractivity contribution in [2.45, 2.75) is 0 Å². The molecule has 9 heteroatoms. The standard InChI is InChI=1S/C54H32N8S/c1-4-16-33(17-5-1)49-55-50(34-18-6-2-7-19-34)59-54(58-49)62-43-29-28-36(32-40(43)47-44(62)30-31-46-48(47)39-24-12-15-27-45(39)63-46)52-56-51(35-20-8-3-9-21-35)57-53(60-52)61-41-25-13-10-22-37(41)38-23-11-14-26-42(38)61/h1-32H. The van der Waals surface area contributed by atoms with Gasteiger partial charge in [-0.15, -0.1) is 11.3 Å². The summed E-state index contributed by atoms with van der Waals surface area (Å²) in [5, 5.41) is 6.84. The maximum absolute atomic E-state index is 5.32. The number of rotatable bonds is 6. The van der Waals surface area contributed by atoms with Gasteiger partial charge in [0.25, 0.3) is 0 Å². The molecule has 13 aromatic rings. The van der Waals surface area contributed by atoms with Gasteiger partial charge < -0.3 is 0 Å². The van der Waals surface area contributed by atoms with Crippen LogP contribution in [0.4, 0.5) is 0 Å². The Hall–Kier alpha value is -8.40. The summed E-state index contributed by atoms with van der Waals surface area (Å²) in [6.07, 6.45) is 0. The van der Waals surface area contributed by atoms with Gasteiger partial charge in [-0.3, -0.25) is 9.13 Å². The zero-order valence-electron chi connectivity index (χ0n) is 33.5. The van der Waals surface area contributed by atoms with E-state index in [-0.39, 0.29) is 0 Å². The molecular formula is C54H32N8S. The van der Waals surface area contributed by atoms with Gasteiger partial charge >= 0.3 is 0 Å². The lowest BCUT2D eigenvalue weighted by molar-refractivity contribution is 0.952. The first-order valence-electron chi connectivity index (χ1n) is 20.8. The summed E-state index contributed by atoms with van der Waals surface area (Å²) < 4.78 is 6.78. The zero-order valence-corrected chi connectivity index (χ0v) is 34.3. The molecule has 0 aliphatic carbocycles. The number of fused-ring (bicyclic) bond motifs is 10. The van der Waals surface area contributed by atoms with Crippen LogP contribution in [0.3, 0.4) is 0 Å². The van der Waals surface area contributed by atoms with Crippen molar-refractivity contribution in [3.63, 3.8) is 0 Å². The van der Waals surface area contributed by atoms with Crippen molar-refractivity contribution in [2.24, 2.45) is 0 Å². The summed E-state index contributed by atoms with van der Waals surface area (Å²) in [5.74, 6) is 3.46. The maximum Gasteiger partial charge on any atom is 0.238 e. The first kappa shape index (κ1) is 35.4. The topological polar surface area (TPSA) is 87.2 Å². The Morgan fingerprint density at radius 1 is 0.286 bits per heavy atom. The third kappa shape index (κ3) is 5.67. The zero-order chi connectivity index (χ0) is 41.4. The fraction of sp³-hybridized carbons (Fsp3) is 0. The van der Waals surface area contributed by atoms with Crippen molar-refractivity contribution >= 4 is 75.1 Å². The van der Waals surface area contributed by atoms with Crippen LogP contribution in [0.25, 0.3) is 121 Å². The van der Waals surface area contributed by atoms with Gasteiger partial charge in [-0.05, 0) is 48.5 Å². The van der Waals surface area contributed by atoms with Crippen molar-refractivity contribution in [1.82, 2.24) is 39.0 Å². The van der Waals surface area contributed by atoms with E-state index in [1.165, 1.54) is 20.2 Å². The number of hydrogen-bond donors (Lipinski definition) is 0. The van der Waals surface area contributed by atoms with Gasteiger partial charge in [-0.1, -0.05) is 146 Å². The molecule has 13 rings (SSSR count). The van der Waals surface area contributed by atoms with Crippen LogP contribution in [0.15, 0.2) is 194 Å². The molecule has 8 aromatic carbocycles. The predicted octanol–water partition coefficient (Wildman–Crippen LogP) is 13.3. The van der Waals surface area contributed by atoms with E-state index in [1.54, 1.807) is 11.3 Å². The van der Waals surface area contributed by atoms with Gasteiger partial charge in [0.1, 0.15) is 0 Å². The first-order valence-corrected chi connectivity index (χ1v) is 21.6. The minimum atomic E-state index is 0.537. The normalized spacial score (nSPS) is 11.8. The quantitative estimate of drug-likeness (QED) is 0.166. The highest BCUT2D eigenvalue weighted by atomic mass is 32.1. The third-order valence-corrected chi connectivity index (χ3v) is 13.0. The van der Waals surface area contributed by atoms with Crippen LogP contribution < -0.4 is 0 Å². The minimum Gasteiger partial charge on any atom is -0.278 e. The predicted molar refractivity (Wildman–Crippen MR) is 257 cm³/mol. The van der Waals surface area contributed by atoms with Crippen molar-refractivity contribution in [3.8, 4) is 57.4 Å². The van der Waals surface area contributed by atoms with Crippen LogP contribution in [0, 0.1) is 0 Å². The molecule has 294 valence electrons. The Labute approximate surface area is 364 Å². The summed E-state index contributed by atoms with van der Waals surface area (Å²) in [5.41, 5.74) is 7.61. The van der Waals surface area contributed by atoms with E-state index in [9.17, 15) is 0 Å². The summed E-state index contributed by atoms with van der Waals surface area (Å²) >= 11 is 1.81. The lowest BCUT2D eigenvalue weighted by atomic mass is 10.0. The number of aromatic nitrogens is 8. The first-order chi connectivity index (χ1) is 31.2. The summed E-state index contributed by atoms with van der Waals surface area (Å²) in [6, 6.07) is 66.8. The highest BCUT2D eigenvalue weighted by Gasteiger charge is 2.23. The molecule has 0 saturated carbocycles. The van der Waals surface area contributed by atoms with Gasteiger partial charge in [-0.25, -0.2) is 9.97 Å². The van der Waals surface area contributed by atoms with Crippen LogP contribution in [-0.4, -0.2) is 39.0 Å². The van der Waals surface area contributed by atoms with Crippen molar-refractivity contribution in [2.75, 3.05) is 0 Å². The molecule has 5 heterocycles. The molecule has 5 aromatic heterocycles. The van der Waals surface area contributed by atoms with E-state index in [4.69, 9.17) is 29.9 Å². The van der Waals surface area contributed by atoms with Gasteiger partial charge in [0.2, 0.25) is 11.9 Å². The van der Waals surface area contributed by atoms with Crippen LogP contribution in [-0.2, 0) is 0 Å². The Bertz CT molecular complexity index is 3800. The molecule has 0 atom stereocenters. The van der Waals surface area contributed by atoms with E-state index >= 15 is 0 Å². The summed E-state index contributed by atoms with van der Waals surface area (Å²) in [4.78, 5) is 31.2. The lowest BCUT2D eigenvalue weighted by Gasteiger charge is -2.12. The number of hydrogen-bond acceptors (Lipinski definition) is 7. The Kier molecular flexibility index (Phi) is 7.91. The SMILES string of the molecule is c1ccc(-c2nc(-c3ccc4c(c3)c3c5c(ccc3n4-c3nc(-c4ccccc4)nc(-c4ccccc4)n3)sc3ccccc35)nc(-n3c4ccccc4c4ccccc43)n2)cc1. The van der Waals surface area contributed by atoms with Gasteiger partial charge in [0.05, 0.1) is 22.1 Å². The van der Waals surface area contributed by atoms with E-state index < -0.39 is 0 Å². The van der Waals surface area contributed by atoms with Crippen LogP contribution in [0.2, 0.25) is 0 Å². The molecule has 63 heavy (non-hydrogen) atoms. The number of nitrogens with zero attached hydrogens (tertiary/aromatic N) is 8. The molecule has 0 bridgehead atoms. The number of thiophene rings is 1. The second kappa shape index (κ2) is 14.1. The Balaban J connectivity index is 1.11. The van der Waals surface area contributed by atoms with Gasteiger partial charge in [0.15, 0.2) is 23.3 Å². The molecule has 8 nitrogen and oxygen atoms in total. The number of benzene rings is 8. The molecule has 0 saturated heterocycles. The van der Waals surface area contributed by atoms with Gasteiger partial charge in [-0.2, -0.15) is 19.9 Å². The second-order valence-electron chi connectivity index (χ2n) is 15.5. The summed E-state index contributed by atoms with van der Waals surface area (Å²) in [7, 11) is 0.